The number of hydrogen-bond acceptors (Lipinski definition) is 6. The van der Waals surface area contributed by atoms with Crippen molar-refractivity contribution >= 4 is 34.4 Å². The fraction of sp³-hybridized carbons (Fsp3) is 0.316. The van der Waals surface area contributed by atoms with Crippen LogP contribution in [0.4, 0.5) is 0 Å². The number of nitrogens with zero attached hydrogens (tertiary/aromatic N) is 4. The smallest absolute Gasteiger partial charge is 0.228 e. The predicted octanol–water partition coefficient (Wildman–Crippen LogP) is 3.53. The number of amidine groups is 1. The summed E-state index contributed by atoms with van der Waals surface area (Å²) in [6.07, 6.45) is 1.12. The monoisotopic (exact) mass is 400 g/mol. The SMILES string of the molecule is O=C(CC1=CSC2=NCCN12)N1CCc2noc(-c3ccc(Cl)cc3)c2C1. The van der Waals surface area contributed by atoms with Gasteiger partial charge in [0.2, 0.25) is 5.91 Å². The van der Waals surface area contributed by atoms with Crippen molar-refractivity contribution in [2.75, 3.05) is 19.6 Å². The molecule has 138 valence electrons. The first-order valence-corrected chi connectivity index (χ1v) is 10.1. The van der Waals surface area contributed by atoms with Gasteiger partial charge in [-0.3, -0.25) is 9.79 Å². The lowest BCUT2D eigenvalue weighted by molar-refractivity contribution is -0.131. The molecule has 2 aromatic rings. The Balaban J connectivity index is 1.33. The van der Waals surface area contributed by atoms with E-state index in [0.717, 1.165) is 46.5 Å². The van der Waals surface area contributed by atoms with Gasteiger partial charge < -0.3 is 14.3 Å². The van der Waals surface area contributed by atoms with Crippen LogP contribution in [-0.2, 0) is 17.8 Å². The number of carbonyl (C=O) groups is 1. The summed E-state index contributed by atoms with van der Waals surface area (Å²) in [5.41, 5.74) is 3.91. The molecule has 0 aliphatic carbocycles. The van der Waals surface area contributed by atoms with Gasteiger partial charge in [-0.25, -0.2) is 0 Å². The van der Waals surface area contributed by atoms with Crippen molar-refractivity contribution in [3.63, 3.8) is 0 Å². The highest BCUT2D eigenvalue weighted by atomic mass is 35.5. The van der Waals surface area contributed by atoms with Crippen LogP contribution in [0, 0.1) is 0 Å². The van der Waals surface area contributed by atoms with Gasteiger partial charge in [0.05, 0.1) is 25.2 Å². The van der Waals surface area contributed by atoms with Gasteiger partial charge >= 0.3 is 0 Å². The van der Waals surface area contributed by atoms with E-state index in [2.05, 4.69) is 15.0 Å². The Labute approximate surface area is 165 Å². The van der Waals surface area contributed by atoms with Gasteiger partial charge in [-0.2, -0.15) is 0 Å². The fourth-order valence-corrected chi connectivity index (χ4v) is 4.72. The van der Waals surface area contributed by atoms with Crippen LogP contribution in [0.3, 0.4) is 0 Å². The standard InChI is InChI=1S/C19H17ClN4O2S/c20-13-3-1-12(2-4-13)18-15-10-23(7-5-16(15)22-26-18)17(25)9-14-11-27-19-21-6-8-24(14)19/h1-4,11H,5-10H2. The van der Waals surface area contributed by atoms with Gasteiger partial charge in [0, 0.05) is 41.4 Å². The van der Waals surface area contributed by atoms with E-state index >= 15 is 0 Å². The second-order valence-corrected chi connectivity index (χ2v) is 8.00. The predicted molar refractivity (Wildman–Crippen MR) is 105 cm³/mol. The minimum Gasteiger partial charge on any atom is -0.356 e. The summed E-state index contributed by atoms with van der Waals surface area (Å²) in [5, 5.41) is 7.95. The lowest BCUT2D eigenvalue weighted by atomic mass is 10.0. The molecule has 1 aromatic heterocycles. The Bertz CT molecular complexity index is 967. The van der Waals surface area contributed by atoms with Crippen LogP contribution in [0.2, 0.25) is 5.02 Å². The maximum atomic E-state index is 12.9. The van der Waals surface area contributed by atoms with Crippen molar-refractivity contribution < 1.29 is 9.32 Å². The van der Waals surface area contributed by atoms with Crippen LogP contribution in [0.25, 0.3) is 11.3 Å². The summed E-state index contributed by atoms with van der Waals surface area (Å²) in [6, 6.07) is 7.49. The highest BCUT2D eigenvalue weighted by molar-refractivity contribution is 8.16. The number of amides is 1. The van der Waals surface area contributed by atoms with Crippen LogP contribution in [0.15, 0.2) is 44.9 Å². The first-order chi connectivity index (χ1) is 13.2. The van der Waals surface area contributed by atoms with Crippen molar-refractivity contribution in [3.05, 3.63) is 51.7 Å². The molecular formula is C19H17ClN4O2S. The molecule has 1 aromatic carbocycles. The van der Waals surface area contributed by atoms with Gasteiger partial charge in [-0.05, 0) is 29.7 Å². The molecular weight excluding hydrogens is 384 g/mol. The molecule has 0 saturated carbocycles. The lowest BCUT2D eigenvalue weighted by Gasteiger charge is -2.27. The Morgan fingerprint density at radius 2 is 2.11 bits per heavy atom. The summed E-state index contributed by atoms with van der Waals surface area (Å²) in [6.45, 7) is 2.88. The molecule has 8 heteroatoms. The summed E-state index contributed by atoms with van der Waals surface area (Å²) in [4.78, 5) is 21.4. The van der Waals surface area contributed by atoms with Crippen LogP contribution in [0.5, 0.6) is 0 Å². The number of carbonyl (C=O) groups excluding carboxylic acids is 1. The number of fused-ring (bicyclic) bond motifs is 2. The van der Waals surface area contributed by atoms with E-state index < -0.39 is 0 Å². The van der Waals surface area contributed by atoms with Crippen molar-refractivity contribution in [1.82, 2.24) is 15.0 Å². The topological polar surface area (TPSA) is 61.9 Å². The molecule has 0 radical (unpaired) electrons. The summed E-state index contributed by atoms with van der Waals surface area (Å²) >= 11 is 7.59. The summed E-state index contributed by atoms with van der Waals surface area (Å²) < 4.78 is 5.59. The summed E-state index contributed by atoms with van der Waals surface area (Å²) in [5.74, 6) is 0.854. The highest BCUT2D eigenvalue weighted by Gasteiger charge is 2.31. The van der Waals surface area contributed by atoms with Gasteiger partial charge in [-0.15, -0.1) is 0 Å². The van der Waals surface area contributed by atoms with E-state index in [4.69, 9.17) is 16.1 Å². The molecule has 3 aliphatic heterocycles. The Morgan fingerprint density at radius 3 is 2.96 bits per heavy atom. The molecule has 3 aliphatic rings. The third-order valence-corrected chi connectivity index (χ3v) is 6.28. The van der Waals surface area contributed by atoms with Gasteiger partial charge in [0.15, 0.2) is 10.9 Å². The third-order valence-electron chi connectivity index (χ3n) is 5.08. The lowest BCUT2D eigenvalue weighted by Crippen LogP contribution is -2.37. The Morgan fingerprint density at radius 1 is 1.26 bits per heavy atom. The Kier molecular flexibility index (Phi) is 4.21. The number of aromatic nitrogens is 1. The maximum Gasteiger partial charge on any atom is 0.228 e. The minimum absolute atomic E-state index is 0.129. The number of rotatable bonds is 3. The highest BCUT2D eigenvalue weighted by Crippen LogP contribution is 2.34. The average Bonchev–Trinajstić information content (AvgIpc) is 3.39. The molecule has 0 N–H and O–H groups in total. The molecule has 0 fully saturated rings. The van der Waals surface area contributed by atoms with Gasteiger partial charge in [0.25, 0.3) is 0 Å². The molecule has 4 heterocycles. The van der Waals surface area contributed by atoms with E-state index in [1.54, 1.807) is 11.8 Å². The number of halogens is 1. The van der Waals surface area contributed by atoms with E-state index in [1.807, 2.05) is 34.6 Å². The molecule has 6 nitrogen and oxygen atoms in total. The van der Waals surface area contributed by atoms with Crippen molar-refractivity contribution in [1.29, 1.82) is 0 Å². The zero-order chi connectivity index (χ0) is 18.4. The zero-order valence-electron chi connectivity index (χ0n) is 14.5. The Hall–Kier alpha value is -2.25. The molecule has 0 atom stereocenters. The first-order valence-electron chi connectivity index (χ1n) is 8.88. The second-order valence-electron chi connectivity index (χ2n) is 6.73. The largest absolute Gasteiger partial charge is 0.356 e. The summed E-state index contributed by atoms with van der Waals surface area (Å²) in [7, 11) is 0. The van der Waals surface area contributed by atoms with Gasteiger partial charge in [-0.1, -0.05) is 28.5 Å². The molecule has 5 rings (SSSR count). The first kappa shape index (κ1) is 16.9. The normalized spacial score (nSPS) is 18.3. The number of aliphatic imine (C=N–C) groups is 1. The van der Waals surface area contributed by atoms with E-state index in [9.17, 15) is 4.79 Å². The quantitative estimate of drug-likeness (QED) is 0.788. The van der Waals surface area contributed by atoms with E-state index in [0.29, 0.717) is 31.0 Å². The molecule has 1 amide bonds. The maximum absolute atomic E-state index is 12.9. The van der Waals surface area contributed by atoms with E-state index in [1.165, 1.54) is 0 Å². The van der Waals surface area contributed by atoms with Crippen LogP contribution < -0.4 is 0 Å². The number of hydrogen-bond donors (Lipinski definition) is 0. The van der Waals surface area contributed by atoms with Crippen LogP contribution in [0.1, 0.15) is 17.7 Å². The van der Waals surface area contributed by atoms with E-state index in [-0.39, 0.29) is 5.91 Å². The zero-order valence-corrected chi connectivity index (χ0v) is 16.1. The van der Waals surface area contributed by atoms with Crippen LogP contribution in [-0.4, -0.2) is 45.7 Å². The average molecular weight is 401 g/mol. The van der Waals surface area contributed by atoms with Gasteiger partial charge in [0.1, 0.15) is 0 Å². The molecule has 0 bridgehead atoms. The molecule has 0 unspecified atom stereocenters. The molecule has 0 saturated heterocycles. The fourth-order valence-electron chi connectivity index (χ4n) is 3.64. The van der Waals surface area contributed by atoms with Crippen molar-refractivity contribution in [2.24, 2.45) is 4.99 Å². The minimum atomic E-state index is 0.129. The molecule has 0 spiro atoms. The van der Waals surface area contributed by atoms with Crippen molar-refractivity contribution in [3.8, 4) is 11.3 Å². The van der Waals surface area contributed by atoms with Crippen molar-refractivity contribution in [2.45, 2.75) is 19.4 Å². The second kappa shape index (κ2) is 6.73. The third kappa shape index (κ3) is 3.04. The number of thioether (sulfide) groups is 1. The molecule has 27 heavy (non-hydrogen) atoms. The number of benzene rings is 1. The van der Waals surface area contributed by atoms with Crippen LogP contribution >= 0.6 is 23.4 Å².